The third kappa shape index (κ3) is 4.58. The van der Waals surface area contributed by atoms with Gasteiger partial charge in [-0.1, -0.05) is 17.7 Å². The van der Waals surface area contributed by atoms with Crippen molar-refractivity contribution in [1.29, 1.82) is 0 Å². The van der Waals surface area contributed by atoms with Gasteiger partial charge in [0.1, 0.15) is 5.15 Å². The molecule has 1 N–H and O–H groups in total. The Labute approximate surface area is 110 Å². The summed E-state index contributed by atoms with van der Waals surface area (Å²) in [5, 5.41) is 13.9. The highest BCUT2D eigenvalue weighted by atomic mass is 35.5. The van der Waals surface area contributed by atoms with E-state index in [1.165, 1.54) is 0 Å². The van der Waals surface area contributed by atoms with E-state index in [0.717, 1.165) is 11.8 Å². The van der Waals surface area contributed by atoms with E-state index >= 15 is 0 Å². The van der Waals surface area contributed by atoms with Gasteiger partial charge in [-0.25, -0.2) is 4.98 Å². The van der Waals surface area contributed by atoms with Gasteiger partial charge in [0, 0.05) is 26.3 Å². The predicted molar refractivity (Wildman–Crippen MR) is 69.5 cm³/mol. The van der Waals surface area contributed by atoms with Gasteiger partial charge in [0.05, 0.1) is 4.92 Å². The van der Waals surface area contributed by atoms with E-state index in [1.807, 2.05) is 13.0 Å². The summed E-state index contributed by atoms with van der Waals surface area (Å²) >= 11 is 5.68. The van der Waals surface area contributed by atoms with E-state index in [2.05, 4.69) is 10.3 Å². The lowest BCUT2D eigenvalue weighted by Gasteiger charge is -2.19. The van der Waals surface area contributed by atoms with Crippen LogP contribution >= 0.6 is 11.6 Å². The molecule has 0 aliphatic carbocycles. The van der Waals surface area contributed by atoms with Crippen molar-refractivity contribution in [3.63, 3.8) is 0 Å². The van der Waals surface area contributed by atoms with Gasteiger partial charge < -0.3 is 10.2 Å². The third-order valence-corrected chi connectivity index (χ3v) is 2.60. The molecule has 0 bridgehead atoms. The molecule has 1 heterocycles. The van der Waals surface area contributed by atoms with E-state index in [1.54, 1.807) is 24.2 Å². The number of nitrogens with one attached hydrogen (secondary N) is 1. The van der Waals surface area contributed by atoms with Gasteiger partial charge in [0.25, 0.3) is 6.20 Å². The van der Waals surface area contributed by atoms with Crippen LogP contribution in [0.25, 0.3) is 0 Å². The molecule has 7 heteroatoms. The lowest BCUT2D eigenvalue weighted by molar-refractivity contribution is -0.404. The lowest BCUT2D eigenvalue weighted by Crippen LogP contribution is -2.29. The minimum absolute atomic E-state index is 0.422. The van der Waals surface area contributed by atoms with Crippen molar-refractivity contribution in [2.45, 2.75) is 13.5 Å². The largest absolute Gasteiger partial charge is 0.362 e. The summed E-state index contributed by atoms with van der Waals surface area (Å²) in [5.74, 6) is 0.456. The molecule has 0 fully saturated rings. The average molecular weight is 271 g/mol. The second kappa shape index (κ2) is 6.80. The van der Waals surface area contributed by atoms with Crippen molar-refractivity contribution >= 4 is 11.6 Å². The van der Waals surface area contributed by atoms with E-state index in [-0.39, 0.29) is 0 Å². The van der Waals surface area contributed by atoms with Gasteiger partial charge in [-0.05, 0) is 18.6 Å². The van der Waals surface area contributed by atoms with Crippen LogP contribution in [-0.4, -0.2) is 28.4 Å². The first-order chi connectivity index (χ1) is 8.52. The summed E-state index contributed by atoms with van der Waals surface area (Å²) in [4.78, 5) is 15.7. The maximum atomic E-state index is 10.5. The number of hydrogen-bond donors (Lipinski definition) is 1. The zero-order chi connectivity index (χ0) is 13.5. The maximum absolute atomic E-state index is 10.5. The topological polar surface area (TPSA) is 71.3 Å². The van der Waals surface area contributed by atoms with E-state index in [0.29, 0.717) is 24.1 Å². The van der Waals surface area contributed by atoms with Gasteiger partial charge in [0.15, 0.2) is 5.82 Å². The number of nitro groups is 1. The van der Waals surface area contributed by atoms with Gasteiger partial charge in [-0.15, -0.1) is 0 Å². The summed E-state index contributed by atoms with van der Waals surface area (Å²) in [5.41, 5.74) is 0.901. The Morgan fingerprint density at radius 3 is 2.89 bits per heavy atom. The van der Waals surface area contributed by atoms with Crippen LogP contribution in [0.2, 0.25) is 5.15 Å². The molecular formula is C11H15ClN4O2. The monoisotopic (exact) mass is 270 g/mol. The Balaban J connectivity index is 2.68. The summed E-state index contributed by atoms with van der Waals surface area (Å²) in [6.45, 7) is 3.04. The number of aromatic nitrogens is 1. The lowest BCUT2D eigenvalue weighted by atomic mass is 10.3. The molecule has 18 heavy (non-hydrogen) atoms. The molecular weight excluding hydrogens is 256 g/mol. The third-order valence-electron chi connectivity index (χ3n) is 2.38. The number of hydrogen-bond acceptors (Lipinski definition) is 5. The summed E-state index contributed by atoms with van der Waals surface area (Å²) in [6, 6.07) is 3.50. The van der Waals surface area contributed by atoms with Crippen molar-refractivity contribution in [2.75, 3.05) is 13.6 Å². The first-order valence-corrected chi connectivity index (χ1v) is 5.81. The van der Waals surface area contributed by atoms with Crippen molar-refractivity contribution in [2.24, 2.45) is 0 Å². The molecule has 98 valence electrons. The van der Waals surface area contributed by atoms with Crippen molar-refractivity contribution in [3.05, 3.63) is 51.2 Å². The zero-order valence-electron chi connectivity index (χ0n) is 10.3. The van der Waals surface area contributed by atoms with Crippen LogP contribution in [0.1, 0.15) is 12.5 Å². The SMILES string of the molecule is CCN(C)/C(=C/[N+](=O)[O-])NCc1ccc(Cl)nc1. The van der Waals surface area contributed by atoms with Gasteiger partial charge in [-0.2, -0.15) is 0 Å². The van der Waals surface area contributed by atoms with Crippen LogP contribution in [0.3, 0.4) is 0 Å². The fourth-order valence-electron chi connectivity index (χ4n) is 1.25. The highest BCUT2D eigenvalue weighted by Crippen LogP contribution is 2.06. The smallest absolute Gasteiger partial charge is 0.274 e. The fourth-order valence-corrected chi connectivity index (χ4v) is 1.36. The van der Waals surface area contributed by atoms with Crippen LogP contribution in [0.5, 0.6) is 0 Å². The Morgan fingerprint density at radius 1 is 1.67 bits per heavy atom. The number of nitrogens with zero attached hydrogens (tertiary/aromatic N) is 3. The van der Waals surface area contributed by atoms with Crippen LogP contribution in [-0.2, 0) is 6.54 Å². The molecule has 0 aliphatic rings. The molecule has 0 atom stereocenters. The Kier molecular flexibility index (Phi) is 5.38. The summed E-state index contributed by atoms with van der Waals surface area (Å²) in [7, 11) is 1.78. The van der Waals surface area contributed by atoms with Crippen molar-refractivity contribution < 1.29 is 4.92 Å². The maximum Gasteiger partial charge on any atom is 0.274 e. The predicted octanol–water partition coefficient (Wildman–Crippen LogP) is 1.85. The van der Waals surface area contributed by atoms with Crippen LogP contribution in [0.4, 0.5) is 0 Å². The average Bonchev–Trinajstić information content (AvgIpc) is 2.35. The molecule has 1 rings (SSSR count). The van der Waals surface area contributed by atoms with E-state index < -0.39 is 4.92 Å². The molecule has 1 aromatic heterocycles. The Bertz CT molecular complexity index is 433. The molecule has 0 spiro atoms. The molecule has 0 saturated heterocycles. The first-order valence-electron chi connectivity index (χ1n) is 5.43. The number of rotatable bonds is 6. The summed E-state index contributed by atoms with van der Waals surface area (Å²) in [6.07, 6.45) is 2.58. The van der Waals surface area contributed by atoms with E-state index in [9.17, 15) is 10.1 Å². The number of pyridine rings is 1. The second-order valence-electron chi connectivity index (χ2n) is 3.66. The highest BCUT2D eigenvalue weighted by Gasteiger charge is 2.07. The molecule has 0 saturated carbocycles. The molecule has 1 aromatic rings. The van der Waals surface area contributed by atoms with E-state index in [4.69, 9.17) is 11.6 Å². The van der Waals surface area contributed by atoms with Crippen molar-refractivity contribution in [3.8, 4) is 0 Å². The normalized spacial score (nSPS) is 11.2. The zero-order valence-corrected chi connectivity index (χ0v) is 11.0. The minimum Gasteiger partial charge on any atom is -0.362 e. The molecule has 0 aliphatic heterocycles. The Hall–Kier alpha value is -1.82. The molecule has 0 aromatic carbocycles. The quantitative estimate of drug-likeness (QED) is 0.485. The van der Waals surface area contributed by atoms with Crippen LogP contribution in [0, 0.1) is 10.1 Å². The molecule has 6 nitrogen and oxygen atoms in total. The van der Waals surface area contributed by atoms with Gasteiger partial charge in [0.2, 0.25) is 0 Å². The molecule has 0 amide bonds. The highest BCUT2D eigenvalue weighted by molar-refractivity contribution is 6.29. The Morgan fingerprint density at radius 2 is 2.39 bits per heavy atom. The van der Waals surface area contributed by atoms with Gasteiger partial charge >= 0.3 is 0 Å². The standard InChI is InChI=1S/C11H15ClN4O2/c1-3-15(2)11(8-16(17)18)14-7-9-4-5-10(12)13-6-9/h4-6,8,14H,3,7H2,1-2H3/b11-8+. The second-order valence-corrected chi connectivity index (χ2v) is 4.04. The van der Waals surface area contributed by atoms with Crippen LogP contribution < -0.4 is 5.32 Å². The minimum atomic E-state index is -0.478. The summed E-state index contributed by atoms with van der Waals surface area (Å²) < 4.78 is 0. The van der Waals surface area contributed by atoms with Crippen LogP contribution in [0.15, 0.2) is 30.4 Å². The van der Waals surface area contributed by atoms with Gasteiger partial charge in [-0.3, -0.25) is 10.1 Å². The van der Waals surface area contributed by atoms with Crippen molar-refractivity contribution in [1.82, 2.24) is 15.2 Å². The fraction of sp³-hybridized carbons (Fsp3) is 0.364. The number of halogens is 1. The molecule has 0 unspecified atom stereocenters. The molecule has 0 radical (unpaired) electrons. The first kappa shape index (κ1) is 14.2.